The molecule has 23 heavy (non-hydrogen) atoms. The number of rotatable bonds is 6. The Labute approximate surface area is 135 Å². The molecule has 0 spiro atoms. The van der Waals surface area contributed by atoms with Crippen LogP contribution < -0.4 is 14.9 Å². The molecule has 0 aliphatic carbocycles. The summed E-state index contributed by atoms with van der Waals surface area (Å²) >= 11 is 0. The zero-order chi connectivity index (χ0) is 16.7. The SMILES string of the molecule is COc1ccccc1/C=N\NC(=O)COc1cccc(C)c1C. The minimum Gasteiger partial charge on any atom is -0.496 e. The first kappa shape index (κ1) is 16.5. The minimum absolute atomic E-state index is 0.0897. The number of hydrogen-bond donors (Lipinski definition) is 1. The fourth-order valence-corrected chi connectivity index (χ4v) is 2.00. The summed E-state index contributed by atoms with van der Waals surface area (Å²) in [5.74, 6) is 1.07. The van der Waals surface area contributed by atoms with Crippen molar-refractivity contribution >= 4 is 12.1 Å². The molecule has 1 amide bonds. The van der Waals surface area contributed by atoms with Gasteiger partial charge >= 0.3 is 0 Å². The number of ether oxygens (including phenoxy) is 2. The molecule has 0 saturated carbocycles. The first-order valence-corrected chi connectivity index (χ1v) is 7.25. The Morgan fingerprint density at radius 1 is 1.13 bits per heavy atom. The van der Waals surface area contributed by atoms with Gasteiger partial charge in [-0.15, -0.1) is 0 Å². The van der Waals surface area contributed by atoms with Crippen molar-refractivity contribution in [1.82, 2.24) is 5.43 Å². The molecule has 0 aromatic heterocycles. The molecular weight excluding hydrogens is 292 g/mol. The van der Waals surface area contributed by atoms with Gasteiger partial charge in [0.2, 0.25) is 0 Å². The molecule has 2 aromatic rings. The molecule has 0 atom stereocenters. The number of benzene rings is 2. The van der Waals surface area contributed by atoms with Crippen molar-refractivity contribution in [3.63, 3.8) is 0 Å². The van der Waals surface area contributed by atoms with Crippen LogP contribution in [0.15, 0.2) is 47.6 Å². The van der Waals surface area contributed by atoms with E-state index in [1.54, 1.807) is 7.11 Å². The van der Waals surface area contributed by atoms with Crippen molar-refractivity contribution in [3.8, 4) is 11.5 Å². The smallest absolute Gasteiger partial charge is 0.277 e. The lowest BCUT2D eigenvalue weighted by molar-refractivity contribution is -0.123. The second-order valence-electron chi connectivity index (χ2n) is 5.02. The molecule has 0 saturated heterocycles. The van der Waals surface area contributed by atoms with Gasteiger partial charge in [0.25, 0.3) is 5.91 Å². The van der Waals surface area contributed by atoms with Gasteiger partial charge in [-0.25, -0.2) is 5.43 Å². The van der Waals surface area contributed by atoms with Crippen molar-refractivity contribution in [2.45, 2.75) is 13.8 Å². The maximum Gasteiger partial charge on any atom is 0.277 e. The molecule has 2 rings (SSSR count). The van der Waals surface area contributed by atoms with Crippen LogP contribution in [0.4, 0.5) is 0 Å². The lowest BCUT2D eigenvalue weighted by Gasteiger charge is -2.09. The van der Waals surface area contributed by atoms with E-state index in [0.717, 1.165) is 16.7 Å². The zero-order valence-electron chi connectivity index (χ0n) is 13.5. The Morgan fingerprint density at radius 2 is 1.87 bits per heavy atom. The standard InChI is InChI=1S/C18H20N2O3/c1-13-7-6-10-16(14(13)2)23-12-18(21)20-19-11-15-8-4-5-9-17(15)22-3/h4-11H,12H2,1-3H3,(H,20,21)/b19-11-. The van der Waals surface area contributed by atoms with Crippen molar-refractivity contribution in [2.24, 2.45) is 5.10 Å². The maximum atomic E-state index is 11.8. The summed E-state index contributed by atoms with van der Waals surface area (Å²) < 4.78 is 10.7. The topological polar surface area (TPSA) is 59.9 Å². The van der Waals surface area contributed by atoms with Crippen LogP contribution in [0.5, 0.6) is 11.5 Å². The van der Waals surface area contributed by atoms with Crippen LogP contribution in [0.25, 0.3) is 0 Å². The van der Waals surface area contributed by atoms with E-state index in [1.807, 2.05) is 56.3 Å². The van der Waals surface area contributed by atoms with E-state index in [1.165, 1.54) is 6.21 Å². The third kappa shape index (κ3) is 4.57. The number of hydrazone groups is 1. The van der Waals surface area contributed by atoms with E-state index in [-0.39, 0.29) is 12.5 Å². The molecule has 0 unspecified atom stereocenters. The van der Waals surface area contributed by atoms with Crippen LogP contribution >= 0.6 is 0 Å². The highest BCUT2D eigenvalue weighted by Crippen LogP contribution is 2.20. The van der Waals surface area contributed by atoms with Gasteiger partial charge in [0.1, 0.15) is 11.5 Å². The Balaban J connectivity index is 1.88. The Hall–Kier alpha value is -2.82. The van der Waals surface area contributed by atoms with Crippen LogP contribution in [0.3, 0.4) is 0 Å². The van der Waals surface area contributed by atoms with Crippen molar-refractivity contribution in [3.05, 3.63) is 59.2 Å². The summed E-state index contributed by atoms with van der Waals surface area (Å²) in [6.45, 7) is 3.87. The van der Waals surface area contributed by atoms with Crippen LogP contribution in [0.1, 0.15) is 16.7 Å². The van der Waals surface area contributed by atoms with E-state index >= 15 is 0 Å². The fourth-order valence-electron chi connectivity index (χ4n) is 2.00. The number of nitrogens with one attached hydrogen (secondary N) is 1. The summed E-state index contributed by atoms with van der Waals surface area (Å²) in [5, 5.41) is 3.92. The number of nitrogens with zero attached hydrogens (tertiary/aromatic N) is 1. The van der Waals surface area contributed by atoms with Crippen LogP contribution in [0.2, 0.25) is 0 Å². The molecule has 0 aliphatic rings. The van der Waals surface area contributed by atoms with Crippen molar-refractivity contribution < 1.29 is 14.3 Å². The van der Waals surface area contributed by atoms with Crippen LogP contribution in [-0.4, -0.2) is 25.8 Å². The van der Waals surface area contributed by atoms with E-state index in [0.29, 0.717) is 11.5 Å². The summed E-state index contributed by atoms with van der Waals surface area (Å²) in [6, 6.07) is 13.2. The van der Waals surface area contributed by atoms with Gasteiger partial charge in [0.05, 0.1) is 13.3 Å². The molecule has 0 heterocycles. The lowest BCUT2D eigenvalue weighted by atomic mass is 10.1. The summed E-state index contributed by atoms with van der Waals surface area (Å²) in [6.07, 6.45) is 1.54. The van der Waals surface area contributed by atoms with Gasteiger partial charge in [-0.2, -0.15) is 5.10 Å². The number of aryl methyl sites for hydroxylation is 1. The van der Waals surface area contributed by atoms with Gasteiger partial charge in [-0.05, 0) is 43.2 Å². The number of para-hydroxylation sites is 1. The number of amides is 1. The normalized spacial score (nSPS) is 10.6. The summed E-state index contributed by atoms with van der Waals surface area (Å²) in [5.41, 5.74) is 5.37. The van der Waals surface area contributed by atoms with Crippen LogP contribution in [0, 0.1) is 13.8 Å². The Kier molecular flexibility index (Phi) is 5.74. The predicted octanol–water partition coefficient (Wildman–Crippen LogP) is 2.84. The van der Waals surface area contributed by atoms with Gasteiger partial charge in [0.15, 0.2) is 6.61 Å². The molecule has 0 fully saturated rings. The molecule has 0 radical (unpaired) electrons. The maximum absolute atomic E-state index is 11.8. The highest BCUT2D eigenvalue weighted by atomic mass is 16.5. The average Bonchev–Trinajstić information content (AvgIpc) is 2.56. The predicted molar refractivity (Wildman–Crippen MR) is 90.1 cm³/mol. The third-order valence-electron chi connectivity index (χ3n) is 3.45. The molecule has 5 nitrogen and oxygen atoms in total. The monoisotopic (exact) mass is 312 g/mol. The van der Waals surface area contributed by atoms with E-state index in [9.17, 15) is 4.79 Å². The number of methoxy groups -OCH3 is 1. The fraction of sp³-hybridized carbons (Fsp3) is 0.222. The van der Waals surface area contributed by atoms with Crippen LogP contribution in [-0.2, 0) is 4.79 Å². The highest BCUT2D eigenvalue weighted by Gasteiger charge is 2.05. The van der Waals surface area contributed by atoms with E-state index < -0.39 is 0 Å². The Morgan fingerprint density at radius 3 is 2.65 bits per heavy atom. The van der Waals surface area contributed by atoms with Gasteiger partial charge in [0, 0.05) is 5.56 Å². The molecule has 1 N–H and O–H groups in total. The third-order valence-corrected chi connectivity index (χ3v) is 3.45. The van der Waals surface area contributed by atoms with Crippen molar-refractivity contribution in [2.75, 3.05) is 13.7 Å². The summed E-state index contributed by atoms with van der Waals surface area (Å²) in [7, 11) is 1.59. The first-order valence-electron chi connectivity index (χ1n) is 7.25. The Bertz CT molecular complexity index is 711. The number of hydrogen-bond acceptors (Lipinski definition) is 4. The molecular formula is C18H20N2O3. The van der Waals surface area contributed by atoms with Gasteiger partial charge < -0.3 is 9.47 Å². The molecule has 5 heteroatoms. The molecule has 0 bridgehead atoms. The zero-order valence-corrected chi connectivity index (χ0v) is 13.5. The molecule has 2 aromatic carbocycles. The quantitative estimate of drug-likeness (QED) is 0.659. The van der Waals surface area contributed by atoms with Gasteiger partial charge in [-0.3, -0.25) is 4.79 Å². The molecule has 0 aliphatic heterocycles. The average molecular weight is 312 g/mol. The number of carbonyl (C=O) groups excluding carboxylic acids is 1. The highest BCUT2D eigenvalue weighted by molar-refractivity contribution is 5.85. The van der Waals surface area contributed by atoms with Crippen molar-refractivity contribution in [1.29, 1.82) is 0 Å². The second-order valence-corrected chi connectivity index (χ2v) is 5.02. The summed E-state index contributed by atoms with van der Waals surface area (Å²) in [4.78, 5) is 11.8. The van der Waals surface area contributed by atoms with Gasteiger partial charge in [-0.1, -0.05) is 24.3 Å². The molecule has 120 valence electrons. The number of carbonyl (C=O) groups is 1. The van der Waals surface area contributed by atoms with E-state index in [2.05, 4.69) is 10.5 Å². The largest absolute Gasteiger partial charge is 0.496 e. The van der Waals surface area contributed by atoms with E-state index in [4.69, 9.17) is 9.47 Å². The minimum atomic E-state index is -0.322. The second kappa shape index (κ2) is 7.98. The lowest BCUT2D eigenvalue weighted by Crippen LogP contribution is -2.24. The first-order chi connectivity index (χ1) is 11.1.